The molecule has 0 radical (unpaired) electrons. The van der Waals surface area contributed by atoms with Gasteiger partial charge in [0.25, 0.3) is 0 Å². The Morgan fingerprint density at radius 2 is 2.09 bits per heavy atom. The van der Waals surface area contributed by atoms with E-state index >= 15 is 0 Å². The van der Waals surface area contributed by atoms with Crippen molar-refractivity contribution in [3.63, 3.8) is 0 Å². The van der Waals surface area contributed by atoms with Crippen LogP contribution in [0.1, 0.15) is 32.2 Å². The van der Waals surface area contributed by atoms with Gasteiger partial charge in [0.05, 0.1) is 29.4 Å². The van der Waals surface area contributed by atoms with Gasteiger partial charge in [-0.05, 0) is 38.0 Å². The van der Waals surface area contributed by atoms with Crippen LogP contribution in [0.5, 0.6) is 5.88 Å². The number of nitrogens with zero attached hydrogens (tertiary/aromatic N) is 5. The van der Waals surface area contributed by atoms with E-state index in [1.807, 2.05) is 37.6 Å². The average molecular weight is 429 g/mol. The van der Waals surface area contributed by atoms with Crippen molar-refractivity contribution in [3.05, 3.63) is 43.1 Å². The monoisotopic (exact) mass is 429 g/mol. The molecule has 2 aliphatic rings. The lowest BCUT2D eigenvalue weighted by Crippen LogP contribution is -2.26. The highest BCUT2D eigenvalue weighted by atomic mass is 16.5. The SMILES string of the molecule is CC(Oc1nc(-c2ccnc(-c3cn[nH]c3)c2)cc2ncn(C3CC3)c12)C1CNC(=O)C1. The molecule has 162 valence electrons. The van der Waals surface area contributed by atoms with Crippen LogP contribution in [0.25, 0.3) is 33.5 Å². The van der Waals surface area contributed by atoms with Crippen molar-refractivity contribution >= 4 is 16.9 Å². The molecule has 0 spiro atoms. The number of aromatic amines is 1. The lowest BCUT2D eigenvalue weighted by molar-refractivity contribution is -0.119. The molecule has 0 aromatic carbocycles. The molecule has 4 aromatic heterocycles. The summed E-state index contributed by atoms with van der Waals surface area (Å²) in [5.74, 6) is 0.758. The Morgan fingerprint density at radius 3 is 2.84 bits per heavy atom. The minimum Gasteiger partial charge on any atom is -0.473 e. The van der Waals surface area contributed by atoms with Gasteiger partial charge in [-0.1, -0.05) is 0 Å². The number of imidazole rings is 1. The van der Waals surface area contributed by atoms with Crippen molar-refractivity contribution < 1.29 is 9.53 Å². The zero-order chi connectivity index (χ0) is 21.7. The number of nitrogens with one attached hydrogen (secondary N) is 2. The summed E-state index contributed by atoms with van der Waals surface area (Å²) in [4.78, 5) is 25.7. The van der Waals surface area contributed by atoms with E-state index in [9.17, 15) is 4.79 Å². The maximum atomic E-state index is 11.7. The first-order chi connectivity index (χ1) is 15.7. The summed E-state index contributed by atoms with van der Waals surface area (Å²) >= 11 is 0. The second-order valence-corrected chi connectivity index (χ2v) is 8.57. The Labute approximate surface area is 184 Å². The zero-order valence-electron chi connectivity index (χ0n) is 17.7. The molecule has 2 N–H and O–H groups in total. The van der Waals surface area contributed by atoms with E-state index in [0.29, 0.717) is 24.9 Å². The topological polar surface area (TPSA) is 111 Å². The van der Waals surface area contributed by atoms with Crippen LogP contribution in [-0.4, -0.2) is 48.3 Å². The zero-order valence-corrected chi connectivity index (χ0v) is 17.7. The van der Waals surface area contributed by atoms with E-state index in [0.717, 1.165) is 46.4 Å². The Morgan fingerprint density at radius 1 is 1.19 bits per heavy atom. The number of carbonyl (C=O) groups excluding carboxylic acids is 1. The van der Waals surface area contributed by atoms with E-state index in [1.54, 1.807) is 12.4 Å². The van der Waals surface area contributed by atoms with Crippen LogP contribution < -0.4 is 10.1 Å². The van der Waals surface area contributed by atoms with Crippen LogP contribution in [0.3, 0.4) is 0 Å². The second kappa shape index (κ2) is 7.44. The van der Waals surface area contributed by atoms with Gasteiger partial charge in [-0.2, -0.15) is 5.10 Å². The highest BCUT2D eigenvalue weighted by molar-refractivity contribution is 5.85. The molecule has 2 fully saturated rings. The predicted octanol–water partition coefficient (Wildman–Crippen LogP) is 3.12. The molecule has 9 heteroatoms. The molecule has 5 heterocycles. The molecule has 1 aliphatic heterocycles. The molecule has 9 nitrogen and oxygen atoms in total. The fourth-order valence-corrected chi connectivity index (χ4v) is 4.26. The first-order valence-electron chi connectivity index (χ1n) is 10.9. The molecule has 6 rings (SSSR count). The molecule has 2 atom stereocenters. The summed E-state index contributed by atoms with van der Waals surface area (Å²) < 4.78 is 8.58. The number of hydrogen-bond donors (Lipinski definition) is 2. The van der Waals surface area contributed by atoms with Crippen LogP contribution in [-0.2, 0) is 4.79 Å². The summed E-state index contributed by atoms with van der Waals surface area (Å²) in [7, 11) is 0. The van der Waals surface area contributed by atoms with Gasteiger partial charge in [-0.3, -0.25) is 14.9 Å². The van der Waals surface area contributed by atoms with Crippen molar-refractivity contribution in [2.45, 2.75) is 38.3 Å². The van der Waals surface area contributed by atoms with Crippen molar-refractivity contribution in [1.82, 2.24) is 35.0 Å². The summed E-state index contributed by atoms with van der Waals surface area (Å²) in [5, 5.41) is 9.73. The molecule has 32 heavy (non-hydrogen) atoms. The molecular formula is C23H23N7O2. The summed E-state index contributed by atoms with van der Waals surface area (Å²) in [6, 6.07) is 6.38. The predicted molar refractivity (Wildman–Crippen MR) is 118 cm³/mol. The number of amides is 1. The fourth-order valence-electron chi connectivity index (χ4n) is 4.26. The van der Waals surface area contributed by atoms with Gasteiger partial charge in [0, 0.05) is 48.4 Å². The normalized spacial score (nSPS) is 19.3. The lowest BCUT2D eigenvalue weighted by atomic mass is 10.0. The Bertz CT molecular complexity index is 1290. The maximum absolute atomic E-state index is 11.7. The molecule has 1 saturated heterocycles. The lowest BCUT2D eigenvalue weighted by Gasteiger charge is -2.20. The van der Waals surface area contributed by atoms with Crippen LogP contribution in [0.15, 0.2) is 43.1 Å². The molecule has 2 unspecified atom stereocenters. The first-order valence-corrected chi connectivity index (χ1v) is 10.9. The molecule has 1 saturated carbocycles. The Balaban J connectivity index is 1.42. The summed E-state index contributed by atoms with van der Waals surface area (Å²) in [5.41, 5.74) is 5.20. The van der Waals surface area contributed by atoms with Gasteiger partial charge >= 0.3 is 0 Å². The molecular weight excluding hydrogens is 406 g/mol. The number of ether oxygens (including phenoxy) is 1. The number of pyridine rings is 2. The van der Waals surface area contributed by atoms with E-state index in [-0.39, 0.29) is 17.9 Å². The van der Waals surface area contributed by atoms with Crippen molar-refractivity contribution in [1.29, 1.82) is 0 Å². The van der Waals surface area contributed by atoms with Gasteiger partial charge in [-0.25, -0.2) is 9.97 Å². The van der Waals surface area contributed by atoms with Gasteiger partial charge in [-0.15, -0.1) is 0 Å². The average Bonchev–Trinajstić information content (AvgIpc) is 3.20. The quantitative estimate of drug-likeness (QED) is 0.487. The Kier molecular flexibility index (Phi) is 4.41. The minimum atomic E-state index is -0.151. The highest BCUT2D eigenvalue weighted by Crippen LogP contribution is 2.40. The third kappa shape index (κ3) is 3.39. The molecule has 4 aromatic rings. The highest BCUT2D eigenvalue weighted by Gasteiger charge is 2.31. The van der Waals surface area contributed by atoms with Crippen molar-refractivity contribution in [3.8, 4) is 28.4 Å². The molecule has 1 aliphatic carbocycles. The smallest absolute Gasteiger partial charge is 0.241 e. The second-order valence-electron chi connectivity index (χ2n) is 8.57. The van der Waals surface area contributed by atoms with Gasteiger partial charge in [0.2, 0.25) is 11.8 Å². The van der Waals surface area contributed by atoms with Gasteiger partial charge in [0.15, 0.2) is 0 Å². The van der Waals surface area contributed by atoms with E-state index < -0.39 is 0 Å². The van der Waals surface area contributed by atoms with Crippen molar-refractivity contribution in [2.75, 3.05) is 6.54 Å². The summed E-state index contributed by atoms with van der Waals surface area (Å²) in [6.07, 6.45) is 9.82. The summed E-state index contributed by atoms with van der Waals surface area (Å²) in [6.45, 7) is 2.63. The maximum Gasteiger partial charge on any atom is 0.241 e. The number of H-pyrrole nitrogens is 1. The Hall–Kier alpha value is -3.75. The van der Waals surface area contributed by atoms with Crippen molar-refractivity contribution in [2.24, 2.45) is 5.92 Å². The minimum absolute atomic E-state index is 0.0730. The standard InChI is InChI=1S/C23H23N7O2/c1-13(15-7-21(31)25-9-15)32-23-22-20(26-12-30(22)17-2-3-17)8-19(29-23)14-4-5-24-18(6-14)16-10-27-28-11-16/h4-6,8,10-13,15,17H,2-3,7,9H2,1H3,(H,25,31)(H,27,28). The molecule has 0 bridgehead atoms. The number of hydrogen-bond acceptors (Lipinski definition) is 6. The first kappa shape index (κ1) is 19.0. The number of aromatic nitrogens is 6. The van der Waals surface area contributed by atoms with Gasteiger partial charge < -0.3 is 14.6 Å². The van der Waals surface area contributed by atoms with E-state index in [4.69, 9.17) is 9.72 Å². The van der Waals surface area contributed by atoms with Crippen LogP contribution in [0.4, 0.5) is 0 Å². The fraction of sp³-hybridized carbons (Fsp3) is 0.348. The number of carbonyl (C=O) groups is 1. The van der Waals surface area contributed by atoms with Gasteiger partial charge in [0.1, 0.15) is 11.6 Å². The van der Waals surface area contributed by atoms with Crippen LogP contribution in [0.2, 0.25) is 0 Å². The van der Waals surface area contributed by atoms with Crippen LogP contribution in [0, 0.1) is 5.92 Å². The third-order valence-electron chi connectivity index (χ3n) is 6.28. The van der Waals surface area contributed by atoms with E-state index in [1.165, 1.54) is 0 Å². The number of fused-ring (bicyclic) bond motifs is 1. The number of rotatable bonds is 6. The largest absolute Gasteiger partial charge is 0.473 e. The third-order valence-corrected chi connectivity index (χ3v) is 6.28. The molecule has 1 amide bonds. The van der Waals surface area contributed by atoms with Crippen LogP contribution >= 0.6 is 0 Å². The van der Waals surface area contributed by atoms with E-state index in [2.05, 4.69) is 30.0 Å².